The van der Waals surface area contributed by atoms with Crippen LogP contribution in [0.15, 0.2) is 12.1 Å². The van der Waals surface area contributed by atoms with E-state index in [4.69, 9.17) is 9.47 Å². The number of methoxy groups -OCH3 is 2. The predicted molar refractivity (Wildman–Crippen MR) is 66.8 cm³/mol. The Balaban J connectivity index is 3.42. The molecule has 0 aliphatic heterocycles. The van der Waals surface area contributed by atoms with Crippen molar-refractivity contribution in [1.82, 2.24) is 0 Å². The van der Waals surface area contributed by atoms with Crippen LogP contribution in [0.25, 0.3) is 0 Å². The number of esters is 1. The molecule has 104 valence electrons. The van der Waals surface area contributed by atoms with Gasteiger partial charge in [-0.2, -0.15) is 0 Å². The molecule has 0 aromatic heterocycles. The lowest BCUT2D eigenvalue weighted by Crippen LogP contribution is -2.10. The lowest BCUT2D eigenvalue weighted by atomic mass is 10.1. The Bertz CT molecular complexity index is 497. The summed E-state index contributed by atoms with van der Waals surface area (Å²) in [6, 6.07) is 2.40. The maximum absolute atomic E-state index is 11.6. The average molecular weight is 269 g/mol. The van der Waals surface area contributed by atoms with Crippen molar-refractivity contribution in [2.75, 3.05) is 14.2 Å². The highest BCUT2D eigenvalue weighted by Gasteiger charge is 2.25. The monoisotopic (exact) mass is 269 g/mol. The fourth-order valence-electron chi connectivity index (χ4n) is 1.48. The largest absolute Gasteiger partial charge is 0.493 e. The molecule has 0 aliphatic rings. The van der Waals surface area contributed by atoms with Crippen LogP contribution >= 0.6 is 0 Å². The second-order valence-corrected chi connectivity index (χ2v) is 3.94. The van der Waals surface area contributed by atoms with Gasteiger partial charge in [-0.1, -0.05) is 0 Å². The van der Waals surface area contributed by atoms with E-state index >= 15 is 0 Å². The van der Waals surface area contributed by atoms with Crippen molar-refractivity contribution in [3.8, 4) is 11.5 Å². The van der Waals surface area contributed by atoms with Crippen molar-refractivity contribution in [3.63, 3.8) is 0 Å². The lowest BCUT2D eigenvalue weighted by molar-refractivity contribution is -0.385. The first-order valence-electron chi connectivity index (χ1n) is 5.52. The fourth-order valence-corrected chi connectivity index (χ4v) is 1.48. The molecule has 0 aliphatic carbocycles. The van der Waals surface area contributed by atoms with E-state index in [1.807, 2.05) is 0 Å². The van der Waals surface area contributed by atoms with E-state index in [9.17, 15) is 14.9 Å². The molecule has 0 unspecified atom stereocenters. The second kappa shape index (κ2) is 6.03. The molecule has 0 fully saturated rings. The van der Waals surface area contributed by atoms with Crippen LogP contribution in [-0.2, 0) is 4.74 Å². The van der Waals surface area contributed by atoms with Gasteiger partial charge in [0.05, 0.1) is 31.3 Å². The minimum atomic E-state index is -0.803. The first-order valence-corrected chi connectivity index (χ1v) is 5.52. The lowest BCUT2D eigenvalue weighted by Gasteiger charge is -2.14. The summed E-state index contributed by atoms with van der Waals surface area (Å²) in [5, 5.41) is 10.9. The Morgan fingerprint density at radius 2 is 1.89 bits per heavy atom. The van der Waals surface area contributed by atoms with Gasteiger partial charge in [-0.15, -0.1) is 0 Å². The van der Waals surface area contributed by atoms with Crippen molar-refractivity contribution in [1.29, 1.82) is 0 Å². The molecule has 7 nitrogen and oxygen atoms in total. The number of nitrogens with zero attached hydrogens (tertiary/aromatic N) is 1. The highest BCUT2D eigenvalue weighted by molar-refractivity contribution is 5.94. The van der Waals surface area contributed by atoms with E-state index in [0.717, 1.165) is 13.2 Å². The average Bonchev–Trinajstić information content (AvgIpc) is 2.36. The van der Waals surface area contributed by atoms with Crippen molar-refractivity contribution >= 4 is 11.7 Å². The summed E-state index contributed by atoms with van der Waals surface area (Å²) < 4.78 is 15.0. The number of nitro benzene ring substituents is 1. The predicted octanol–water partition coefficient (Wildman–Crippen LogP) is 2.18. The third-order valence-corrected chi connectivity index (χ3v) is 2.25. The van der Waals surface area contributed by atoms with Gasteiger partial charge < -0.3 is 14.2 Å². The molecule has 7 heteroatoms. The Morgan fingerprint density at radius 3 is 2.32 bits per heavy atom. The number of ether oxygens (including phenoxy) is 3. The molecule has 0 saturated heterocycles. The number of hydrogen-bond donors (Lipinski definition) is 0. The van der Waals surface area contributed by atoms with E-state index in [1.54, 1.807) is 13.8 Å². The first-order chi connectivity index (χ1) is 8.90. The molecule has 19 heavy (non-hydrogen) atoms. The number of benzene rings is 1. The van der Waals surface area contributed by atoms with E-state index in [-0.39, 0.29) is 28.9 Å². The summed E-state index contributed by atoms with van der Waals surface area (Å²) >= 11 is 0. The van der Waals surface area contributed by atoms with Gasteiger partial charge >= 0.3 is 5.97 Å². The van der Waals surface area contributed by atoms with Crippen LogP contribution in [0.3, 0.4) is 0 Å². The smallest absolute Gasteiger partial charge is 0.345 e. The summed E-state index contributed by atoms with van der Waals surface area (Å²) in [5.74, 6) is -0.362. The van der Waals surface area contributed by atoms with Crippen LogP contribution in [0, 0.1) is 10.1 Å². The summed E-state index contributed by atoms with van der Waals surface area (Å²) in [6.45, 7) is 3.58. The molecule has 0 atom stereocenters. The number of carbonyl (C=O) groups is 1. The van der Waals surface area contributed by atoms with Gasteiger partial charge in [0.2, 0.25) is 0 Å². The number of rotatable bonds is 5. The Kier molecular flexibility index (Phi) is 4.68. The third-order valence-electron chi connectivity index (χ3n) is 2.25. The first kappa shape index (κ1) is 14.7. The zero-order chi connectivity index (χ0) is 14.6. The van der Waals surface area contributed by atoms with Crippen LogP contribution in [0.2, 0.25) is 0 Å². The van der Waals surface area contributed by atoms with Gasteiger partial charge in [0.1, 0.15) is 5.56 Å². The number of nitro groups is 1. The minimum Gasteiger partial charge on any atom is -0.493 e. The Hall–Kier alpha value is -2.31. The van der Waals surface area contributed by atoms with E-state index in [2.05, 4.69) is 4.74 Å². The van der Waals surface area contributed by atoms with Gasteiger partial charge in [0.25, 0.3) is 5.69 Å². The van der Waals surface area contributed by atoms with Gasteiger partial charge in [-0.3, -0.25) is 10.1 Å². The highest BCUT2D eigenvalue weighted by Crippen LogP contribution is 2.35. The molecule has 0 N–H and O–H groups in total. The summed E-state index contributed by atoms with van der Waals surface area (Å²) in [4.78, 5) is 21.8. The molecular weight excluding hydrogens is 254 g/mol. The van der Waals surface area contributed by atoms with Crippen LogP contribution in [-0.4, -0.2) is 31.2 Å². The maximum atomic E-state index is 11.6. The zero-order valence-electron chi connectivity index (χ0n) is 11.1. The summed E-state index contributed by atoms with van der Waals surface area (Å²) in [5.41, 5.74) is -0.566. The fraction of sp³-hybridized carbons (Fsp3) is 0.417. The van der Waals surface area contributed by atoms with Crippen molar-refractivity contribution < 1.29 is 23.9 Å². The second-order valence-electron chi connectivity index (χ2n) is 3.94. The summed E-state index contributed by atoms with van der Waals surface area (Å²) in [6.07, 6.45) is -0.166. The quantitative estimate of drug-likeness (QED) is 0.462. The van der Waals surface area contributed by atoms with Crippen molar-refractivity contribution in [2.24, 2.45) is 0 Å². The molecular formula is C12H15NO6. The third kappa shape index (κ3) is 3.34. The van der Waals surface area contributed by atoms with Crippen LogP contribution < -0.4 is 9.47 Å². The molecule has 0 bridgehead atoms. The Morgan fingerprint density at radius 1 is 1.26 bits per heavy atom. The van der Waals surface area contributed by atoms with E-state index in [0.29, 0.717) is 0 Å². The molecule has 0 amide bonds. The molecule has 0 spiro atoms. The van der Waals surface area contributed by atoms with Crippen molar-refractivity contribution in [3.05, 3.63) is 27.8 Å². The SMILES string of the molecule is COC(=O)c1cc(OC(C)C)c(OC)cc1[N+](=O)[O-]. The summed E-state index contributed by atoms with van der Waals surface area (Å²) in [7, 11) is 2.52. The van der Waals surface area contributed by atoms with E-state index in [1.165, 1.54) is 13.2 Å². The standard InChI is InChI=1S/C12H15NO6/c1-7(2)19-11-5-8(12(14)18-4)9(13(15)16)6-10(11)17-3/h5-7H,1-4H3. The van der Waals surface area contributed by atoms with Gasteiger partial charge in [-0.05, 0) is 13.8 Å². The molecule has 0 radical (unpaired) electrons. The zero-order valence-corrected chi connectivity index (χ0v) is 11.1. The van der Waals surface area contributed by atoms with Gasteiger partial charge in [0, 0.05) is 6.07 Å². The molecule has 0 saturated carbocycles. The minimum absolute atomic E-state index is 0.166. The number of hydrogen-bond acceptors (Lipinski definition) is 6. The molecule has 0 heterocycles. The van der Waals surface area contributed by atoms with Gasteiger partial charge in [0.15, 0.2) is 11.5 Å². The van der Waals surface area contributed by atoms with Gasteiger partial charge in [-0.25, -0.2) is 4.79 Å². The van der Waals surface area contributed by atoms with Crippen molar-refractivity contribution in [2.45, 2.75) is 20.0 Å². The normalized spacial score (nSPS) is 10.2. The molecule has 1 aromatic carbocycles. The molecule has 1 rings (SSSR count). The topological polar surface area (TPSA) is 87.9 Å². The highest BCUT2D eigenvalue weighted by atomic mass is 16.6. The Labute approximate surface area is 110 Å². The van der Waals surface area contributed by atoms with Crippen LogP contribution in [0.1, 0.15) is 24.2 Å². The van der Waals surface area contributed by atoms with Crippen LogP contribution in [0.5, 0.6) is 11.5 Å². The van der Waals surface area contributed by atoms with E-state index < -0.39 is 10.9 Å². The maximum Gasteiger partial charge on any atom is 0.345 e. The molecule has 1 aromatic rings. The van der Waals surface area contributed by atoms with Crippen LogP contribution in [0.4, 0.5) is 5.69 Å². The number of carbonyl (C=O) groups excluding carboxylic acids is 1.